The lowest BCUT2D eigenvalue weighted by Crippen LogP contribution is -2.14. The lowest BCUT2D eigenvalue weighted by molar-refractivity contribution is -0.148. The van der Waals surface area contributed by atoms with Crippen molar-refractivity contribution in [1.82, 2.24) is 0 Å². The van der Waals surface area contributed by atoms with E-state index in [4.69, 9.17) is 9.84 Å². The van der Waals surface area contributed by atoms with Gasteiger partial charge in [-0.25, -0.2) is 0 Å². The zero-order valence-corrected chi connectivity index (χ0v) is 29.0. The summed E-state index contributed by atoms with van der Waals surface area (Å²) in [6.45, 7) is 4.28. The minimum Gasteiger partial charge on any atom is -0.481 e. The number of hydrogen-bond acceptors (Lipinski definition) is 3. The van der Waals surface area contributed by atoms with Crippen molar-refractivity contribution in [2.75, 3.05) is 0 Å². The number of rotatable bonds is 33. The molecule has 254 valence electrons. The Labute approximate surface area is 272 Å². The molecule has 0 saturated heterocycles. The Balaban J connectivity index is 3.43. The van der Waals surface area contributed by atoms with Gasteiger partial charge in [0.2, 0.25) is 0 Å². The Kier molecular flexibility index (Phi) is 33.7. The van der Waals surface area contributed by atoms with Crippen molar-refractivity contribution in [3.05, 3.63) is 48.6 Å². The predicted octanol–water partition coefficient (Wildman–Crippen LogP) is 12.8. The van der Waals surface area contributed by atoms with E-state index in [0.29, 0.717) is 12.8 Å². The van der Waals surface area contributed by atoms with Gasteiger partial charge in [0.25, 0.3) is 0 Å². The summed E-state index contributed by atoms with van der Waals surface area (Å²) in [5.41, 5.74) is 0. The average molecular weight is 615 g/mol. The van der Waals surface area contributed by atoms with Gasteiger partial charge in [-0.1, -0.05) is 145 Å². The Bertz CT molecular complexity index is 748. The molecule has 0 aliphatic heterocycles. The first-order valence-corrected chi connectivity index (χ1v) is 18.6. The van der Waals surface area contributed by atoms with Crippen LogP contribution in [0, 0.1) is 0 Å². The molecule has 4 nitrogen and oxygen atoms in total. The van der Waals surface area contributed by atoms with Gasteiger partial charge >= 0.3 is 11.9 Å². The van der Waals surface area contributed by atoms with Crippen molar-refractivity contribution in [3.8, 4) is 0 Å². The molecule has 0 rings (SSSR count). The second kappa shape index (κ2) is 35.4. The molecule has 0 bridgehead atoms. The normalized spacial score (nSPS) is 12.8. The Hall–Kier alpha value is -2.10. The van der Waals surface area contributed by atoms with Crippen LogP contribution in [-0.2, 0) is 14.3 Å². The summed E-state index contributed by atoms with van der Waals surface area (Å²) in [6.07, 6.45) is 48.2. The molecule has 1 unspecified atom stereocenters. The van der Waals surface area contributed by atoms with Crippen molar-refractivity contribution < 1.29 is 19.4 Å². The van der Waals surface area contributed by atoms with Gasteiger partial charge < -0.3 is 9.84 Å². The summed E-state index contributed by atoms with van der Waals surface area (Å²) in [7, 11) is 0. The summed E-state index contributed by atoms with van der Waals surface area (Å²) in [5.74, 6) is -0.703. The van der Waals surface area contributed by atoms with E-state index in [2.05, 4.69) is 55.5 Å². The minimum absolute atomic E-state index is 0.0263. The van der Waals surface area contributed by atoms with E-state index in [1.165, 1.54) is 89.9 Å². The monoisotopic (exact) mass is 615 g/mol. The zero-order chi connectivity index (χ0) is 32.2. The van der Waals surface area contributed by atoms with Crippen LogP contribution in [-0.4, -0.2) is 23.1 Å². The number of carbonyl (C=O) groups excluding carboxylic acids is 1. The van der Waals surface area contributed by atoms with Crippen LogP contribution in [0.25, 0.3) is 0 Å². The van der Waals surface area contributed by atoms with Crippen molar-refractivity contribution in [2.45, 2.75) is 193 Å². The molecule has 0 amide bonds. The van der Waals surface area contributed by atoms with Crippen LogP contribution in [0.3, 0.4) is 0 Å². The highest BCUT2D eigenvalue weighted by Gasteiger charge is 2.09. The van der Waals surface area contributed by atoms with E-state index in [1.807, 2.05) is 6.92 Å². The average Bonchev–Trinajstić information content (AvgIpc) is 3.00. The van der Waals surface area contributed by atoms with E-state index in [1.54, 1.807) is 0 Å². The van der Waals surface area contributed by atoms with Gasteiger partial charge in [0.05, 0.1) is 6.10 Å². The van der Waals surface area contributed by atoms with Crippen LogP contribution < -0.4 is 0 Å². The van der Waals surface area contributed by atoms with Gasteiger partial charge in [-0.3, -0.25) is 9.59 Å². The number of aliphatic carboxylic acids is 1. The highest BCUT2D eigenvalue weighted by atomic mass is 16.5. The molecule has 0 aromatic heterocycles. The van der Waals surface area contributed by atoms with E-state index >= 15 is 0 Å². The number of esters is 1. The first-order chi connectivity index (χ1) is 21.6. The summed E-state index contributed by atoms with van der Waals surface area (Å²) >= 11 is 0. The van der Waals surface area contributed by atoms with Gasteiger partial charge in [0, 0.05) is 12.8 Å². The van der Waals surface area contributed by atoms with Gasteiger partial charge in [-0.2, -0.15) is 0 Å². The summed E-state index contributed by atoms with van der Waals surface area (Å²) < 4.78 is 5.61. The molecule has 44 heavy (non-hydrogen) atoms. The molecule has 0 aromatic carbocycles. The zero-order valence-electron chi connectivity index (χ0n) is 29.0. The number of unbranched alkanes of at least 4 members (excludes halogenated alkanes) is 18. The fraction of sp³-hybridized carbons (Fsp3) is 0.750. The summed E-state index contributed by atoms with van der Waals surface area (Å²) in [6, 6.07) is 0. The minimum atomic E-state index is -0.677. The van der Waals surface area contributed by atoms with Gasteiger partial charge in [0.1, 0.15) is 0 Å². The van der Waals surface area contributed by atoms with Crippen molar-refractivity contribution in [2.24, 2.45) is 0 Å². The molecule has 0 spiro atoms. The van der Waals surface area contributed by atoms with Gasteiger partial charge in [0.15, 0.2) is 0 Å². The second-order valence-corrected chi connectivity index (χ2v) is 12.5. The number of hydrogen-bond donors (Lipinski definition) is 1. The fourth-order valence-electron chi connectivity index (χ4n) is 5.26. The number of allylic oxidation sites excluding steroid dienone is 8. The molecule has 0 heterocycles. The Morgan fingerprint density at radius 3 is 1.39 bits per heavy atom. The highest BCUT2D eigenvalue weighted by molar-refractivity contribution is 5.69. The largest absolute Gasteiger partial charge is 0.481 e. The number of ether oxygens (including phenoxy) is 1. The maximum Gasteiger partial charge on any atom is 0.306 e. The van der Waals surface area contributed by atoms with Crippen LogP contribution >= 0.6 is 0 Å². The van der Waals surface area contributed by atoms with E-state index < -0.39 is 5.97 Å². The molecule has 0 aliphatic carbocycles. The first-order valence-electron chi connectivity index (χ1n) is 18.6. The third kappa shape index (κ3) is 36.1. The molecular weight excluding hydrogens is 544 g/mol. The van der Waals surface area contributed by atoms with E-state index in [0.717, 1.165) is 70.6 Å². The maximum atomic E-state index is 12.1. The lowest BCUT2D eigenvalue weighted by Gasteiger charge is -2.13. The molecule has 0 radical (unpaired) electrons. The summed E-state index contributed by atoms with van der Waals surface area (Å²) in [5, 5.41) is 8.64. The van der Waals surface area contributed by atoms with Crippen molar-refractivity contribution in [1.29, 1.82) is 0 Å². The van der Waals surface area contributed by atoms with E-state index in [-0.39, 0.29) is 12.1 Å². The van der Waals surface area contributed by atoms with E-state index in [9.17, 15) is 9.59 Å². The van der Waals surface area contributed by atoms with Crippen LogP contribution in [0.4, 0.5) is 0 Å². The SMILES string of the molecule is CCCCC/C=C\C/C=C\C/C=C\C/C=C\CCCCCCCC(=O)OC(C)CCCCCCCCCCCCCC(=O)O. The van der Waals surface area contributed by atoms with Crippen LogP contribution in [0.1, 0.15) is 187 Å². The van der Waals surface area contributed by atoms with Crippen LogP contribution in [0.2, 0.25) is 0 Å². The standard InChI is InChI=1S/C40H70O4/c1-3-4-5-6-7-8-9-10-11-12-13-14-15-16-17-18-22-25-28-31-34-37-40(43)44-38(2)35-32-29-26-23-20-19-21-24-27-30-33-36-39(41)42/h7-8,10-11,13-14,16-17,38H,3-6,9,12,15,18-37H2,1-2H3,(H,41,42)/b8-7-,11-10-,14-13-,17-16-. The number of carboxylic acid groups (broad SMARTS) is 1. The fourth-order valence-corrected chi connectivity index (χ4v) is 5.26. The molecule has 4 heteroatoms. The third-order valence-electron chi connectivity index (χ3n) is 8.04. The highest BCUT2D eigenvalue weighted by Crippen LogP contribution is 2.15. The smallest absolute Gasteiger partial charge is 0.306 e. The molecule has 0 aliphatic rings. The van der Waals surface area contributed by atoms with Crippen molar-refractivity contribution >= 4 is 11.9 Å². The van der Waals surface area contributed by atoms with Crippen LogP contribution in [0.5, 0.6) is 0 Å². The van der Waals surface area contributed by atoms with Gasteiger partial charge in [-0.05, 0) is 77.6 Å². The molecular formula is C40H70O4. The number of carbonyl (C=O) groups is 2. The lowest BCUT2D eigenvalue weighted by atomic mass is 10.0. The third-order valence-corrected chi connectivity index (χ3v) is 8.04. The molecule has 0 aromatic rings. The topological polar surface area (TPSA) is 63.6 Å². The molecule has 1 atom stereocenters. The molecule has 0 saturated carbocycles. The Morgan fingerprint density at radius 1 is 0.523 bits per heavy atom. The Morgan fingerprint density at radius 2 is 0.909 bits per heavy atom. The quantitative estimate of drug-likeness (QED) is 0.0454. The first kappa shape index (κ1) is 41.9. The van der Waals surface area contributed by atoms with Crippen molar-refractivity contribution in [3.63, 3.8) is 0 Å². The second-order valence-electron chi connectivity index (χ2n) is 12.5. The summed E-state index contributed by atoms with van der Waals surface area (Å²) in [4.78, 5) is 22.6. The molecule has 0 fully saturated rings. The maximum absolute atomic E-state index is 12.1. The molecule has 1 N–H and O–H groups in total. The number of carboxylic acids is 1. The predicted molar refractivity (Wildman–Crippen MR) is 190 cm³/mol. The van der Waals surface area contributed by atoms with Crippen LogP contribution in [0.15, 0.2) is 48.6 Å². The van der Waals surface area contributed by atoms with Gasteiger partial charge in [-0.15, -0.1) is 0 Å².